The molecule has 0 unspecified atom stereocenters. The van der Waals surface area contributed by atoms with Crippen molar-refractivity contribution >= 4 is 11.6 Å². The highest BCUT2D eigenvalue weighted by Gasteiger charge is 2.10. The van der Waals surface area contributed by atoms with Crippen LogP contribution in [0.1, 0.15) is 21.5 Å². The van der Waals surface area contributed by atoms with Gasteiger partial charge in [-0.2, -0.15) is 0 Å². The van der Waals surface area contributed by atoms with E-state index >= 15 is 0 Å². The zero-order chi connectivity index (χ0) is 14.7. The van der Waals surface area contributed by atoms with Crippen molar-refractivity contribution in [1.29, 1.82) is 0 Å². The molecule has 1 amide bonds. The lowest BCUT2D eigenvalue weighted by molar-refractivity contribution is 0.0951. The van der Waals surface area contributed by atoms with Crippen molar-refractivity contribution in [2.75, 3.05) is 5.73 Å². The number of rotatable bonds is 3. The van der Waals surface area contributed by atoms with Crippen molar-refractivity contribution in [3.05, 3.63) is 64.7 Å². The van der Waals surface area contributed by atoms with Crippen LogP contribution in [0.25, 0.3) is 0 Å². The predicted molar refractivity (Wildman–Crippen MR) is 73.1 cm³/mol. The molecule has 0 spiro atoms. The number of benzene rings is 2. The van der Waals surface area contributed by atoms with Crippen LogP contribution in [0.2, 0.25) is 0 Å². The molecular formula is C15H14F2N2O. The van der Waals surface area contributed by atoms with E-state index in [9.17, 15) is 13.6 Å². The fourth-order valence-electron chi connectivity index (χ4n) is 1.79. The lowest BCUT2D eigenvalue weighted by atomic mass is 10.1. The van der Waals surface area contributed by atoms with Gasteiger partial charge in [0.15, 0.2) is 11.6 Å². The third-order valence-electron chi connectivity index (χ3n) is 2.89. The van der Waals surface area contributed by atoms with Crippen LogP contribution in [0.15, 0.2) is 36.4 Å². The Morgan fingerprint density at radius 3 is 2.60 bits per heavy atom. The highest BCUT2D eigenvalue weighted by atomic mass is 19.2. The minimum absolute atomic E-state index is 0.101. The minimum Gasteiger partial charge on any atom is -0.398 e. The zero-order valence-electron chi connectivity index (χ0n) is 10.9. The van der Waals surface area contributed by atoms with E-state index in [1.54, 1.807) is 12.1 Å². The quantitative estimate of drug-likeness (QED) is 0.847. The molecular weight excluding hydrogens is 262 g/mol. The summed E-state index contributed by atoms with van der Waals surface area (Å²) in [6, 6.07) is 8.63. The van der Waals surface area contributed by atoms with E-state index in [2.05, 4.69) is 5.32 Å². The summed E-state index contributed by atoms with van der Waals surface area (Å²) in [7, 11) is 0. The number of carbonyl (C=O) groups is 1. The largest absolute Gasteiger partial charge is 0.398 e. The zero-order valence-corrected chi connectivity index (χ0v) is 10.9. The van der Waals surface area contributed by atoms with Crippen molar-refractivity contribution in [3.8, 4) is 0 Å². The van der Waals surface area contributed by atoms with E-state index in [-0.39, 0.29) is 12.5 Å². The standard InChI is InChI=1S/C15H14F2N2O/c1-9-2-5-14(18)11(6-9)15(20)19-8-10-3-4-12(16)13(17)7-10/h2-7H,8,18H2,1H3,(H,19,20). The molecule has 2 aromatic carbocycles. The van der Waals surface area contributed by atoms with E-state index in [1.165, 1.54) is 6.07 Å². The molecule has 0 saturated heterocycles. The van der Waals surface area contributed by atoms with Gasteiger partial charge in [-0.15, -0.1) is 0 Å². The van der Waals surface area contributed by atoms with Crippen LogP contribution in [0.5, 0.6) is 0 Å². The van der Waals surface area contributed by atoms with Crippen molar-refractivity contribution in [1.82, 2.24) is 5.32 Å². The van der Waals surface area contributed by atoms with Gasteiger partial charge in [-0.1, -0.05) is 17.7 Å². The number of nitrogens with one attached hydrogen (secondary N) is 1. The van der Waals surface area contributed by atoms with Crippen molar-refractivity contribution in [2.45, 2.75) is 13.5 Å². The van der Waals surface area contributed by atoms with Crippen LogP contribution in [0.4, 0.5) is 14.5 Å². The summed E-state index contributed by atoms with van der Waals surface area (Å²) in [5.41, 5.74) is 7.86. The summed E-state index contributed by atoms with van der Waals surface area (Å²) >= 11 is 0. The number of anilines is 1. The first-order valence-corrected chi connectivity index (χ1v) is 6.05. The summed E-state index contributed by atoms with van der Waals surface area (Å²) in [5, 5.41) is 2.62. The van der Waals surface area contributed by atoms with Crippen molar-refractivity contribution in [2.24, 2.45) is 0 Å². The van der Waals surface area contributed by atoms with Crippen LogP contribution in [0, 0.1) is 18.6 Å². The topological polar surface area (TPSA) is 55.1 Å². The van der Waals surface area contributed by atoms with Gasteiger partial charge in [0.05, 0.1) is 5.56 Å². The van der Waals surface area contributed by atoms with E-state index in [1.807, 2.05) is 13.0 Å². The van der Waals surface area contributed by atoms with E-state index in [4.69, 9.17) is 5.73 Å². The van der Waals surface area contributed by atoms with Gasteiger partial charge in [0.25, 0.3) is 5.91 Å². The predicted octanol–water partition coefficient (Wildman–Crippen LogP) is 2.79. The Balaban J connectivity index is 2.08. The summed E-state index contributed by atoms with van der Waals surface area (Å²) in [6.45, 7) is 1.95. The lowest BCUT2D eigenvalue weighted by Crippen LogP contribution is -2.24. The SMILES string of the molecule is Cc1ccc(N)c(C(=O)NCc2ccc(F)c(F)c2)c1. The van der Waals surface area contributed by atoms with E-state index < -0.39 is 11.6 Å². The van der Waals surface area contributed by atoms with Crippen LogP contribution < -0.4 is 11.1 Å². The molecule has 104 valence electrons. The summed E-state index contributed by atoms with van der Waals surface area (Å²) < 4.78 is 25.8. The van der Waals surface area contributed by atoms with Gasteiger partial charge in [-0.3, -0.25) is 4.79 Å². The van der Waals surface area contributed by atoms with Crippen molar-refractivity contribution in [3.63, 3.8) is 0 Å². The number of amides is 1. The molecule has 0 saturated carbocycles. The number of nitrogen functional groups attached to an aromatic ring is 1. The molecule has 0 aromatic heterocycles. The van der Waals surface area contributed by atoms with Crippen LogP contribution in [0.3, 0.4) is 0 Å². The monoisotopic (exact) mass is 276 g/mol. The van der Waals surface area contributed by atoms with Crippen LogP contribution in [-0.2, 0) is 6.54 Å². The second-order valence-electron chi connectivity index (χ2n) is 4.52. The maximum atomic E-state index is 13.0. The van der Waals surface area contributed by atoms with Crippen LogP contribution >= 0.6 is 0 Å². The molecule has 0 heterocycles. The maximum Gasteiger partial charge on any atom is 0.253 e. The molecule has 5 heteroatoms. The first-order chi connectivity index (χ1) is 9.47. The first-order valence-electron chi connectivity index (χ1n) is 6.05. The Morgan fingerprint density at radius 2 is 1.90 bits per heavy atom. The third kappa shape index (κ3) is 3.12. The van der Waals surface area contributed by atoms with Crippen molar-refractivity contribution < 1.29 is 13.6 Å². The molecule has 3 nitrogen and oxygen atoms in total. The Kier molecular flexibility index (Phi) is 3.98. The Bertz CT molecular complexity index is 656. The number of hydrogen-bond donors (Lipinski definition) is 2. The van der Waals surface area contributed by atoms with E-state index in [0.717, 1.165) is 17.7 Å². The molecule has 0 aliphatic rings. The second kappa shape index (κ2) is 5.69. The van der Waals surface area contributed by atoms with E-state index in [0.29, 0.717) is 16.8 Å². The molecule has 3 N–H and O–H groups in total. The summed E-state index contributed by atoms with van der Waals surface area (Å²) in [5.74, 6) is -2.20. The average molecular weight is 276 g/mol. The molecule has 2 rings (SSSR count). The van der Waals surface area contributed by atoms with Gasteiger partial charge in [0.2, 0.25) is 0 Å². The molecule has 0 radical (unpaired) electrons. The molecule has 20 heavy (non-hydrogen) atoms. The smallest absolute Gasteiger partial charge is 0.253 e. The number of aryl methyl sites for hydroxylation is 1. The molecule has 0 aliphatic heterocycles. The Labute approximate surface area is 115 Å². The maximum absolute atomic E-state index is 13.0. The fourth-order valence-corrected chi connectivity index (χ4v) is 1.79. The average Bonchev–Trinajstić information content (AvgIpc) is 2.42. The van der Waals surface area contributed by atoms with Gasteiger partial charge in [0.1, 0.15) is 0 Å². The molecule has 2 aromatic rings. The number of nitrogens with two attached hydrogens (primary N) is 1. The third-order valence-corrected chi connectivity index (χ3v) is 2.89. The van der Waals surface area contributed by atoms with Gasteiger partial charge in [-0.25, -0.2) is 8.78 Å². The molecule has 0 atom stereocenters. The van der Waals surface area contributed by atoms with Gasteiger partial charge < -0.3 is 11.1 Å². The molecule has 0 fully saturated rings. The van der Waals surface area contributed by atoms with Gasteiger partial charge >= 0.3 is 0 Å². The van der Waals surface area contributed by atoms with Gasteiger partial charge in [0, 0.05) is 12.2 Å². The molecule has 0 aliphatic carbocycles. The first kappa shape index (κ1) is 14.0. The second-order valence-corrected chi connectivity index (χ2v) is 4.52. The summed E-state index contributed by atoms with van der Waals surface area (Å²) in [4.78, 5) is 12.0. The lowest BCUT2D eigenvalue weighted by Gasteiger charge is -2.08. The van der Waals surface area contributed by atoms with Crippen LogP contribution in [-0.4, -0.2) is 5.91 Å². The Hall–Kier alpha value is -2.43. The fraction of sp³-hybridized carbons (Fsp3) is 0.133. The minimum atomic E-state index is -0.938. The number of halogens is 2. The summed E-state index contributed by atoms with van der Waals surface area (Å²) in [6.07, 6.45) is 0. The highest BCUT2D eigenvalue weighted by molar-refractivity contribution is 5.99. The number of carbonyl (C=O) groups excluding carboxylic acids is 1. The number of hydrogen-bond acceptors (Lipinski definition) is 2. The molecule has 0 bridgehead atoms. The normalized spacial score (nSPS) is 10.3. The van der Waals surface area contributed by atoms with Gasteiger partial charge in [-0.05, 0) is 36.8 Å². The highest BCUT2D eigenvalue weighted by Crippen LogP contribution is 2.14. The Morgan fingerprint density at radius 1 is 1.15 bits per heavy atom.